The Morgan fingerprint density at radius 1 is 1.31 bits per heavy atom. The van der Waals surface area contributed by atoms with E-state index in [1.54, 1.807) is 6.08 Å². The summed E-state index contributed by atoms with van der Waals surface area (Å²) in [7, 11) is 0. The highest BCUT2D eigenvalue weighted by Crippen LogP contribution is 2.41. The molecule has 0 heterocycles. The summed E-state index contributed by atoms with van der Waals surface area (Å²) in [5, 5.41) is 0. The van der Waals surface area contributed by atoms with E-state index in [-0.39, 0.29) is 0 Å². The summed E-state index contributed by atoms with van der Waals surface area (Å²) in [5.41, 5.74) is 17.1. The van der Waals surface area contributed by atoms with Gasteiger partial charge < -0.3 is 17.2 Å². The summed E-state index contributed by atoms with van der Waals surface area (Å²) in [6.45, 7) is 0. The fourth-order valence-corrected chi connectivity index (χ4v) is 4.32. The van der Waals surface area contributed by atoms with Gasteiger partial charge in [-0.2, -0.15) is 0 Å². The Morgan fingerprint density at radius 3 is 2.19 bits per heavy atom. The lowest BCUT2D eigenvalue weighted by Gasteiger charge is -2.29. The number of halogens is 3. The number of carbonyl (C=O) groups excluding carboxylic acids is 2. The van der Waals surface area contributed by atoms with Crippen molar-refractivity contribution in [2.45, 2.75) is 7.47 Å². The molecule has 16 heavy (non-hydrogen) atoms. The zero-order valence-electron chi connectivity index (χ0n) is 7.84. The summed E-state index contributed by atoms with van der Waals surface area (Å²) in [6.07, 6.45) is 1.57. The number of alkyl halides is 2. The van der Waals surface area contributed by atoms with E-state index in [1.165, 1.54) is 0 Å². The lowest BCUT2D eigenvalue weighted by atomic mass is 9.94. The number of primary amides is 2. The van der Waals surface area contributed by atoms with Crippen molar-refractivity contribution in [1.82, 2.24) is 0 Å². The van der Waals surface area contributed by atoms with Gasteiger partial charge in [-0.15, -0.1) is 0 Å². The summed E-state index contributed by atoms with van der Waals surface area (Å²) < 4.78 is -0.720. The molecule has 0 radical (unpaired) electrons. The minimum Gasteiger partial charge on any atom is -0.366 e. The highest BCUT2D eigenvalue weighted by atomic mass is 127. The number of hydrogen-bond acceptors (Lipinski definition) is 3. The van der Waals surface area contributed by atoms with Crippen LogP contribution in [-0.2, 0) is 9.59 Å². The average Bonchev–Trinajstić information content (AvgIpc) is 2.11. The first kappa shape index (κ1) is 14.6. The minimum absolute atomic E-state index is 0.312. The van der Waals surface area contributed by atoms with Crippen LogP contribution >= 0.6 is 67.8 Å². The van der Waals surface area contributed by atoms with Gasteiger partial charge in [0.05, 0.1) is 3.92 Å². The first-order chi connectivity index (χ1) is 7.18. The molecule has 1 aliphatic rings. The Balaban J connectivity index is 3.39. The van der Waals surface area contributed by atoms with Crippen LogP contribution < -0.4 is 17.2 Å². The van der Waals surface area contributed by atoms with Gasteiger partial charge in [-0.3, -0.25) is 9.59 Å². The van der Waals surface area contributed by atoms with Crippen molar-refractivity contribution in [1.29, 1.82) is 0 Å². The third kappa shape index (κ3) is 2.69. The van der Waals surface area contributed by atoms with Gasteiger partial charge in [-0.25, -0.2) is 0 Å². The van der Waals surface area contributed by atoms with E-state index in [9.17, 15) is 9.59 Å². The van der Waals surface area contributed by atoms with Gasteiger partial charge in [0.15, 0.2) is 0 Å². The summed E-state index contributed by atoms with van der Waals surface area (Å²) in [4.78, 5) is 22.6. The Morgan fingerprint density at radius 2 is 1.81 bits per heavy atom. The maximum atomic E-state index is 11.3. The van der Waals surface area contributed by atoms with Crippen LogP contribution in [0.3, 0.4) is 0 Å². The van der Waals surface area contributed by atoms with Gasteiger partial charge in [0, 0.05) is 14.7 Å². The molecule has 1 aliphatic carbocycles. The van der Waals surface area contributed by atoms with Crippen LogP contribution in [0.25, 0.3) is 0 Å². The number of carbonyl (C=O) groups is 2. The minimum atomic E-state index is -0.908. The number of amides is 2. The quantitative estimate of drug-likeness (QED) is 0.260. The first-order valence-electron chi connectivity index (χ1n) is 4.03. The van der Waals surface area contributed by atoms with Crippen molar-refractivity contribution in [3.63, 3.8) is 0 Å². The van der Waals surface area contributed by atoms with E-state index in [4.69, 9.17) is 17.2 Å². The van der Waals surface area contributed by atoms with Gasteiger partial charge in [0.1, 0.15) is 3.55 Å². The Hall–Kier alpha value is 0.570. The second-order valence-corrected chi connectivity index (χ2v) is 7.30. The van der Waals surface area contributed by atoms with Gasteiger partial charge in [-0.05, 0) is 28.7 Å². The highest BCUT2D eigenvalue weighted by Gasteiger charge is 2.38. The average molecular weight is 559 g/mol. The van der Waals surface area contributed by atoms with Gasteiger partial charge in [-0.1, -0.05) is 45.2 Å². The third-order valence-corrected chi connectivity index (χ3v) is 6.67. The van der Waals surface area contributed by atoms with Crippen LogP contribution in [0.2, 0.25) is 0 Å². The number of nitrogens with two attached hydrogens (primary N) is 3. The van der Waals surface area contributed by atoms with Crippen molar-refractivity contribution in [2.24, 2.45) is 17.2 Å². The number of hydrogen-bond donors (Lipinski definition) is 3. The molecule has 0 saturated carbocycles. The second-order valence-electron chi connectivity index (χ2n) is 3.19. The molecular weight excluding hydrogens is 551 g/mol. The highest BCUT2D eigenvalue weighted by molar-refractivity contribution is 14.1. The van der Waals surface area contributed by atoms with Gasteiger partial charge >= 0.3 is 0 Å². The van der Waals surface area contributed by atoms with Crippen LogP contribution in [-0.4, -0.2) is 19.3 Å². The lowest BCUT2D eigenvalue weighted by Crippen LogP contribution is -2.41. The molecule has 6 N–H and O–H groups in total. The zero-order valence-corrected chi connectivity index (χ0v) is 14.3. The molecule has 0 aromatic rings. The molecule has 0 aromatic carbocycles. The van der Waals surface area contributed by atoms with Crippen molar-refractivity contribution in [3.8, 4) is 0 Å². The van der Waals surface area contributed by atoms with E-state index in [0.29, 0.717) is 14.7 Å². The van der Waals surface area contributed by atoms with Crippen LogP contribution in [0.1, 0.15) is 0 Å². The van der Waals surface area contributed by atoms with Gasteiger partial charge in [0.2, 0.25) is 11.8 Å². The smallest absolute Gasteiger partial charge is 0.246 e. The predicted molar refractivity (Wildman–Crippen MR) is 86.3 cm³/mol. The number of rotatable bonds is 2. The van der Waals surface area contributed by atoms with Crippen LogP contribution in [0, 0.1) is 0 Å². The second kappa shape index (κ2) is 5.06. The largest absolute Gasteiger partial charge is 0.366 e. The predicted octanol–water partition coefficient (Wildman–Crippen LogP) is 0.480. The first-order valence-corrected chi connectivity index (χ1v) is 7.43. The fourth-order valence-electron chi connectivity index (χ4n) is 1.27. The maximum absolute atomic E-state index is 11.3. The van der Waals surface area contributed by atoms with E-state index in [0.717, 1.165) is 0 Å². The molecular formula is C8H8I3N3O2. The third-order valence-electron chi connectivity index (χ3n) is 2.01. The normalized spacial score (nSPS) is 30.0. The molecule has 0 saturated heterocycles. The molecule has 0 spiro atoms. The van der Waals surface area contributed by atoms with E-state index < -0.39 is 19.3 Å². The molecule has 8 heteroatoms. The molecule has 5 nitrogen and oxygen atoms in total. The standard InChI is InChI=1S/C8H8I3N3O2/c9-4-2(6(12)15)1-8(11,14)5(10)3(4)7(13)16/h1,4H,14H2,(H2,12,15)(H2,13,16). The molecule has 2 unspecified atom stereocenters. The molecule has 0 bridgehead atoms. The Bertz CT molecular complexity index is 428. The molecule has 1 rings (SSSR count). The van der Waals surface area contributed by atoms with Crippen molar-refractivity contribution >= 4 is 79.6 Å². The molecule has 0 aliphatic heterocycles. The van der Waals surface area contributed by atoms with E-state index >= 15 is 0 Å². The van der Waals surface area contributed by atoms with E-state index in [2.05, 4.69) is 0 Å². The molecule has 2 amide bonds. The maximum Gasteiger partial charge on any atom is 0.246 e. The molecule has 2 atom stereocenters. The van der Waals surface area contributed by atoms with Gasteiger partial charge in [0.25, 0.3) is 0 Å². The van der Waals surface area contributed by atoms with Crippen molar-refractivity contribution in [3.05, 3.63) is 20.8 Å². The lowest BCUT2D eigenvalue weighted by molar-refractivity contribution is -0.114. The molecule has 0 fully saturated rings. The van der Waals surface area contributed by atoms with Crippen LogP contribution in [0.5, 0.6) is 0 Å². The van der Waals surface area contributed by atoms with Crippen molar-refractivity contribution in [2.75, 3.05) is 0 Å². The SMILES string of the molecule is NC(=O)C1=CC(N)(I)C(I)=C(C(N)=O)C1I. The van der Waals surface area contributed by atoms with Crippen LogP contribution in [0.15, 0.2) is 20.8 Å². The summed E-state index contributed by atoms with van der Waals surface area (Å²) >= 11 is 5.86. The van der Waals surface area contributed by atoms with Crippen molar-refractivity contribution < 1.29 is 9.59 Å². The topological polar surface area (TPSA) is 112 Å². The molecule has 0 aromatic heterocycles. The Labute approximate surface area is 133 Å². The summed E-state index contributed by atoms with van der Waals surface area (Å²) in [6, 6.07) is 0. The van der Waals surface area contributed by atoms with Crippen LogP contribution in [0.4, 0.5) is 0 Å². The monoisotopic (exact) mass is 559 g/mol. The van der Waals surface area contributed by atoms with E-state index in [1.807, 2.05) is 67.8 Å². The Kier molecular flexibility index (Phi) is 4.62. The summed E-state index contributed by atoms with van der Waals surface area (Å²) in [5.74, 6) is -1.17. The fraction of sp³-hybridized carbons (Fsp3) is 0.250. The zero-order chi connectivity index (χ0) is 12.7. The molecule has 88 valence electrons.